The van der Waals surface area contributed by atoms with Crippen molar-refractivity contribution in [3.8, 4) is 33.4 Å². The molecule has 15 aromatic carbocycles. The first-order valence-corrected chi connectivity index (χ1v) is 34.5. The fraction of sp³-hybridized carbons (Fsp3) is 0. The molecule has 0 fully saturated rings. The van der Waals surface area contributed by atoms with Gasteiger partial charge in [0.05, 0.1) is 22.7 Å². The summed E-state index contributed by atoms with van der Waals surface area (Å²) in [7, 11) is 0. The molecule has 0 unspecified atom stereocenters. The number of rotatable bonds is 12. The summed E-state index contributed by atoms with van der Waals surface area (Å²) in [6, 6.07) is 137. The molecule has 19 rings (SSSR count). The Morgan fingerprint density at radius 3 is 1.13 bits per heavy atom. The van der Waals surface area contributed by atoms with E-state index < -0.39 is 0 Å². The van der Waals surface area contributed by atoms with Crippen LogP contribution in [0.3, 0.4) is 0 Å². The number of nitrogens with zero attached hydrogens (tertiary/aromatic N) is 5. The molecule has 8 heteroatoms. The van der Waals surface area contributed by atoms with Gasteiger partial charge in [-0.15, -0.1) is 0 Å². The van der Waals surface area contributed by atoms with Crippen LogP contribution in [0.5, 0.6) is 0 Å². The molecule has 0 amide bonds. The predicted octanol–water partition coefficient (Wildman–Crippen LogP) is 20.5. The van der Waals surface area contributed by atoms with E-state index in [2.05, 4.69) is 395 Å². The van der Waals surface area contributed by atoms with E-state index in [1.54, 1.807) is 0 Å². The first kappa shape index (κ1) is 57.2. The molecule has 0 radical (unpaired) electrons. The Morgan fingerprint density at radius 2 is 0.602 bits per heavy atom. The highest BCUT2D eigenvalue weighted by Crippen LogP contribution is 2.54. The smallest absolute Gasteiger partial charge is 0.252 e. The molecule has 0 aliphatic carbocycles. The van der Waals surface area contributed by atoms with Gasteiger partial charge < -0.3 is 24.5 Å². The lowest BCUT2D eigenvalue weighted by Gasteiger charge is -2.46. The van der Waals surface area contributed by atoms with Crippen LogP contribution < -0.4 is 57.3 Å². The number of para-hydroxylation sites is 9. The molecule has 0 bridgehead atoms. The quantitative estimate of drug-likeness (QED) is 0.113. The molecule has 0 N–H and O–H groups in total. The van der Waals surface area contributed by atoms with Crippen LogP contribution in [0, 0.1) is 0 Å². The van der Waals surface area contributed by atoms with Gasteiger partial charge >= 0.3 is 0 Å². The van der Waals surface area contributed by atoms with Crippen LogP contribution in [0.1, 0.15) is 0 Å². The Bertz CT molecular complexity index is 5490. The van der Waals surface area contributed by atoms with Gasteiger partial charge in [0.1, 0.15) is 0 Å². The third-order valence-corrected chi connectivity index (χ3v) is 21.1. The van der Waals surface area contributed by atoms with Crippen LogP contribution >= 0.6 is 11.8 Å². The van der Waals surface area contributed by atoms with Crippen LogP contribution in [0.25, 0.3) is 33.4 Å². The van der Waals surface area contributed by atoms with Crippen molar-refractivity contribution in [1.29, 1.82) is 0 Å². The van der Waals surface area contributed by atoms with Gasteiger partial charge in [-0.3, -0.25) is 0 Å². The maximum absolute atomic E-state index is 2.65. The summed E-state index contributed by atoms with van der Waals surface area (Å²) in [6.07, 6.45) is 0. The van der Waals surface area contributed by atoms with Gasteiger partial charge in [0.15, 0.2) is 0 Å². The zero-order valence-corrected chi connectivity index (χ0v) is 54.3. The minimum atomic E-state index is -0.203. The van der Waals surface area contributed by atoms with Gasteiger partial charge in [0.25, 0.3) is 6.71 Å². The summed E-state index contributed by atoms with van der Waals surface area (Å²) in [5.74, 6) is 0. The molecule has 0 spiro atoms. The first-order chi connectivity index (χ1) is 48.7. The first-order valence-electron chi connectivity index (χ1n) is 33.7. The van der Waals surface area contributed by atoms with Gasteiger partial charge in [-0.1, -0.05) is 278 Å². The van der Waals surface area contributed by atoms with Crippen LogP contribution in [-0.2, 0) is 0 Å². The van der Waals surface area contributed by atoms with Gasteiger partial charge in [0.2, 0.25) is 6.71 Å². The highest BCUT2D eigenvalue weighted by atomic mass is 32.2. The molecule has 4 heterocycles. The summed E-state index contributed by atoms with van der Waals surface area (Å²) in [4.78, 5) is 15.1. The van der Waals surface area contributed by atoms with Gasteiger partial charge in [-0.25, -0.2) is 0 Å². The van der Waals surface area contributed by atoms with Crippen molar-refractivity contribution in [2.75, 3.05) is 24.5 Å². The molecule has 15 aromatic rings. The minimum Gasteiger partial charge on any atom is -0.311 e. The van der Waals surface area contributed by atoms with Crippen LogP contribution in [0.15, 0.2) is 380 Å². The Kier molecular flexibility index (Phi) is 14.0. The summed E-state index contributed by atoms with van der Waals surface area (Å²) < 4.78 is 0. The molecule has 5 nitrogen and oxygen atoms in total. The zero-order valence-electron chi connectivity index (χ0n) is 53.5. The summed E-state index contributed by atoms with van der Waals surface area (Å²) >= 11 is 1.91. The van der Waals surface area contributed by atoms with Gasteiger partial charge in [-0.05, 0) is 153 Å². The van der Waals surface area contributed by atoms with E-state index in [1.807, 2.05) is 11.8 Å². The Hall–Kier alpha value is -12.2. The predicted molar refractivity (Wildman–Crippen MR) is 416 cm³/mol. The molecule has 458 valence electrons. The van der Waals surface area contributed by atoms with Crippen molar-refractivity contribution >= 4 is 143 Å². The van der Waals surface area contributed by atoms with E-state index in [9.17, 15) is 0 Å². The molecule has 0 saturated heterocycles. The fourth-order valence-corrected chi connectivity index (χ4v) is 17.2. The summed E-state index contributed by atoms with van der Waals surface area (Å²) in [5.41, 5.74) is 31.1. The van der Waals surface area contributed by atoms with E-state index in [0.717, 1.165) is 107 Å². The largest absolute Gasteiger partial charge is 0.311 e. The number of hydrogen-bond donors (Lipinski definition) is 0. The highest BCUT2D eigenvalue weighted by molar-refractivity contribution is 8.00. The lowest BCUT2D eigenvalue weighted by Crippen LogP contribution is -2.64. The second kappa shape index (κ2) is 23.9. The molecular formula is C90H61B2N5S. The molecular weight excluding hydrogens is 1200 g/mol. The maximum atomic E-state index is 2.65. The van der Waals surface area contributed by atoms with Gasteiger partial charge in [0, 0.05) is 89.0 Å². The molecule has 4 aliphatic rings. The Morgan fingerprint density at radius 1 is 0.224 bits per heavy atom. The van der Waals surface area contributed by atoms with E-state index in [-0.39, 0.29) is 13.4 Å². The lowest BCUT2D eigenvalue weighted by atomic mass is 9.31. The Balaban J connectivity index is 0.925. The van der Waals surface area contributed by atoms with E-state index >= 15 is 0 Å². The second-order valence-electron chi connectivity index (χ2n) is 25.5. The van der Waals surface area contributed by atoms with Crippen molar-refractivity contribution in [3.05, 3.63) is 370 Å². The average Bonchev–Trinajstić information content (AvgIpc) is 0.682. The molecule has 0 saturated carbocycles. The average molecular weight is 1270 g/mol. The van der Waals surface area contributed by atoms with Crippen molar-refractivity contribution < 1.29 is 0 Å². The number of anilines is 15. The summed E-state index contributed by atoms with van der Waals surface area (Å²) in [6.45, 7) is -0.315. The highest BCUT2D eigenvalue weighted by Gasteiger charge is 2.48. The van der Waals surface area contributed by atoms with Crippen LogP contribution in [-0.4, -0.2) is 13.4 Å². The van der Waals surface area contributed by atoms with Crippen molar-refractivity contribution in [1.82, 2.24) is 0 Å². The lowest BCUT2D eigenvalue weighted by molar-refractivity contribution is 1.22. The van der Waals surface area contributed by atoms with Crippen molar-refractivity contribution in [2.45, 2.75) is 9.79 Å². The SMILES string of the molecule is c1ccc(-c2ccccc2N(c2ccccc2)c2cc3c4c(c2)N(c2ccccc2-c2ccccc2)c2cc5c(cc2B4c2ccccc2N3c2ccccc2-c2ccccc2)B2c3ccccc3N(c3ccccc3)c3cc(N(c4ccccc4)c4ccccc4)cc(c32)S5)cc1. The third-order valence-electron chi connectivity index (χ3n) is 20.0. The second-order valence-corrected chi connectivity index (χ2v) is 26.6. The molecule has 4 aliphatic heterocycles. The molecule has 98 heavy (non-hydrogen) atoms. The molecule has 0 aromatic heterocycles. The van der Waals surface area contributed by atoms with Gasteiger partial charge in [-0.2, -0.15) is 0 Å². The normalized spacial score (nSPS) is 12.8. The number of hydrogen-bond acceptors (Lipinski definition) is 6. The zero-order chi connectivity index (χ0) is 64.6. The topological polar surface area (TPSA) is 16.2 Å². The minimum absolute atomic E-state index is 0.112. The third kappa shape index (κ3) is 9.43. The number of fused-ring (bicyclic) bond motifs is 8. The number of benzene rings is 15. The standard InChI is InChI=1S/C90H61B2N5S/c1-8-32-62(33-9-1)71-46-22-27-51-78(71)94(67-42-18-6-19-43-67)69-56-84-89-85(57-69)97(80-53-29-24-48-73(80)64-36-12-3-13-37-64)83-61-87-77(60-76(83)91(89)75-50-26-31-55-82(75)96(84)79-52-28-23-47-72(79)63-34-10-2-11-35-63)92-74-49-25-30-54-81(74)95(68-44-20-7-21-45-68)86-58-70(59-88(98-87)90(86)92)93(65-38-14-4-15-39-65)66-40-16-5-17-41-66/h1-61H. The monoisotopic (exact) mass is 1270 g/mol. The van der Waals surface area contributed by atoms with Crippen molar-refractivity contribution in [2.24, 2.45) is 0 Å². The maximum Gasteiger partial charge on any atom is 0.252 e. The van der Waals surface area contributed by atoms with Crippen LogP contribution in [0.4, 0.5) is 85.3 Å². The van der Waals surface area contributed by atoms with Crippen molar-refractivity contribution in [3.63, 3.8) is 0 Å². The summed E-state index contributed by atoms with van der Waals surface area (Å²) in [5, 5.41) is 0. The van der Waals surface area contributed by atoms with E-state index in [4.69, 9.17) is 0 Å². The Labute approximate surface area is 577 Å². The van der Waals surface area contributed by atoms with Crippen LogP contribution in [0.2, 0.25) is 0 Å². The van der Waals surface area contributed by atoms with E-state index in [1.165, 1.54) is 53.9 Å². The molecule has 0 atom stereocenters. The fourth-order valence-electron chi connectivity index (χ4n) is 15.9. The van der Waals surface area contributed by atoms with E-state index in [0.29, 0.717) is 0 Å².